The minimum atomic E-state index is 0.542. The van der Waals surface area contributed by atoms with E-state index in [0.717, 1.165) is 11.4 Å². The van der Waals surface area contributed by atoms with Crippen molar-refractivity contribution in [2.75, 3.05) is 11.5 Å². The van der Waals surface area contributed by atoms with Gasteiger partial charge in [-0.15, -0.1) is 0 Å². The molecule has 21 heavy (non-hydrogen) atoms. The fourth-order valence-corrected chi connectivity index (χ4v) is 3.14. The van der Waals surface area contributed by atoms with Crippen LogP contribution in [-0.4, -0.2) is 0 Å². The van der Waals surface area contributed by atoms with Crippen molar-refractivity contribution < 1.29 is 0 Å². The molecule has 2 heteroatoms. The molecule has 0 aliphatic heterocycles. The smallest absolute Gasteiger partial charge is 0.0370 e. The van der Waals surface area contributed by atoms with E-state index in [1.54, 1.807) is 0 Å². The van der Waals surface area contributed by atoms with Crippen LogP contribution in [0.25, 0.3) is 0 Å². The van der Waals surface area contributed by atoms with Crippen LogP contribution in [0.1, 0.15) is 89.5 Å². The molecule has 0 fully saturated rings. The Hall–Kier alpha value is -1.18. The minimum Gasteiger partial charge on any atom is -0.398 e. The van der Waals surface area contributed by atoms with E-state index >= 15 is 0 Å². The first-order valence-corrected chi connectivity index (χ1v) is 8.84. The summed E-state index contributed by atoms with van der Waals surface area (Å²) in [6.45, 7) is 4.52. The topological polar surface area (TPSA) is 52.0 Å². The van der Waals surface area contributed by atoms with E-state index < -0.39 is 0 Å². The molecule has 0 aliphatic rings. The molecule has 0 saturated heterocycles. The number of hydrogen-bond donors (Lipinski definition) is 2. The van der Waals surface area contributed by atoms with Gasteiger partial charge in [-0.3, -0.25) is 0 Å². The van der Waals surface area contributed by atoms with Gasteiger partial charge in [-0.25, -0.2) is 0 Å². The Bertz CT molecular complexity index is 355. The normalized spacial score (nSPS) is 11.2. The monoisotopic (exact) mass is 290 g/mol. The predicted molar refractivity (Wildman–Crippen MR) is 95.5 cm³/mol. The third kappa shape index (κ3) is 6.41. The van der Waals surface area contributed by atoms with Crippen molar-refractivity contribution in [1.29, 1.82) is 0 Å². The van der Waals surface area contributed by atoms with Crippen LogP contribution in [0.3, 0.4) is 0 Å². The highest BCUT2D eigenvalue weighted by atomic mass is 14.6. The van der Waals surface area contributed by atoms with Gasteiger partial charge in [0.15, 0.2) is 0 Å². The number of benzene rings is 1. The zero-order valence-corrected chi connectivity index (χ0v) is 14.0. The molecule has 1 aromatic rings. The van der Waals surface area contributed by atoms with Crippen molar-refractivity contribution in [1.82, 2.24) is 0 Å². The maximum Gasteiger partial charge on any atom is 0.0370 e. The number of anilines is 2. The van der Waals surface area contributed by atoms with Crippen LogP contribution in [0, 0.1) is 0 Å². The van der Waals surface area contributed by atoms with E-state index in [2.05, 4.69) is 13.8 Å². The molecule has 120 valence electrons. The summed E-state index contributed by atoms with van der Waals surface area (Å²) in [5, 5.41) is 0. The first-order valence-electron chi connectivity index (χ1n) is 8.84. The quantitative estimate of drug-likeness (QED) is 0.395. The van der Waals surface area contributed by atoms with Gasteiger partial charge in [0.2, 0.25) is 0 Å². The molecular weight excluding hydrogens is 256 g/mol. The second kappa shape index (κ2) is 10.5. The van der Waals surface area contributed by atoms with Gasteiger partial charge in [-0.2, -0.15) is 0 Å². The lowest BCUT2D eigenvalue weighted by molar-refractivity contribution is 0.498. The van der Waals surface area contributed by atoms with Gasteiger partial charge in [0.1, 0.15) is 0 Å². The van der Waals surface area contributed by atoms with Gasteiger partial charge >= 0.3 is 0 Å². The first kappa shape index (κ1) is 17.9. The molecule has 1 aromatic carbocycles. The third-order valence-electron chi connectivity index (χ3n) is 4.39. The highest BCUT2D eigenvalue weighted by molar-refractivity contribution is 5.62. The second-order valence-electron chi connectivity index (χ2n) is 6.25. The number of nitrogen functional groups attached to an aromatic ring is 2. The molecule has 0 aromatic heterocycles. The molecule has 0 spiro atoms. The lowest BCUT2D eigenvalue weighted by atomic mass is 9.86. The van der Waals surface area contributed by atoms with Gasteiger partial charge in [0.25, 0.3) is 0 Å². The van der Waals surface area contributed by atoms with Gasteiger partial charge in [0.05, 0.1) is 0 Å². The van der Waals surface area contributed by atoms with Gasteiger partial charge in [0, 0.05) is 16.9 Å². The zero-order chi connectivity index (χ0) is 15.5. The number of nitrogens with two attached hydrogens (primary N) is 2. The van der Waals surface area contributed by atoms with Crippen molar-refractivity contribution in [2.45, 2.75) is 84.0 Å². The molecule has 0 saturated carbocycles. The summed E-state index contributed by atoms with van der Waals surface area (Å²) in [6.07, 6.45) is 12.9. The maximum atomic E-state index is 6.20. The molecule has 4 N–H and O–H groups in total. The summed E-state index contributed by atoms with van der Waals surface area (Å²) in [5.74, 6) is 0.542. The molecule has 0 amide bonds. The number of rotatable bonds is 11. The Kier molecular flexibility index (Phi) is 8.96. The SMILES string of the molecule is CCCCCCC(CCCCCC)c1c(N)cccc1N. The molecule has 2 nitrogen and oxygen atoms in total. The van der Waals surface area contributed by atoms with Gasteiger partial charge in [-0.1, -0.05) is 71.3 Å². The van der Waals surface area contributed by atoms with E-state index in [1.807, 2.05) is 18.2 Å². The highest BCUT2D eigenvalue weighted by Crippen LogP contribution is 2.35. The number of hydrogen-bond acceptors (Lipinski definition) is 2. The first-order chi connectivity index (χ1) is 10.2. The van der Waals surface area contributed by atoms with Gasteiger partial charge in [-0.05, 0) is 30.9 Å². The predicted octanol–water partition coefficient (Wildman–Crippen LogP) is 5.88. The highest BCUT2D eigenvalue weighted by Gasteiger charge is 2.16. The summed E-state index contributed by atoms with van der Waals surface area (Å²) >= 11 is 0. The molecular formula is C19H34N2. The second-order valence-corrected chi connectivity index (χ2v) is 6.25. The Balaban J connectivity index is 2.65. The molecule has 1 rings (SSSR count). The number of unbranched alkanes of at least 4 members (excludes halogenated alkanes) is 6. The summed E-state index contributed by atoms with van der Waals surface area (Å²) in [7, 11) is 0. The average Bonchev–Trinajstić information content (AvgIpc) is 2.47. The summed E-state index contributed by atoms with van der Waals surface area (Å²) in [5.41, 5.74) is 15.4. The van der Waals surface area contributed by atoms with Crippen molar-refractivity contribution in [3.05, 3.63) is 23.8 Å². The molecule has 0 aliphatic carbocycles. The fraction of sp³-hybridized carbons (Fsp3) is 0.684. The van der Waals surface area contributed by atoms with Crippen LogP contribution >= 0.6 is 0 Å². The molecule has 0 radical (unpaired) electrons. The summed E-state index contributed by atoms with van der Waals surface area (Å²) < 4.78 is 0. The van der Waals surface area contributed by atoms with E-state index in [4.69, 9.17) is 11.5 Å². The van der Waals surface area contributed by atoms with E-state index in [-0.39, 0.29) is 0 Å². The Morgan fingerprint density at radius 3 is 1.67 bits per heavy atom. The standard InChI is InChI=1S/C19H34N2/c1-3-5-7-9-12-16(13-10-8-6-4-2)19-17(20)14-11-15-18(19)21/h11,14-16H,3-10,12-13,20-21H2,1-2H3. The van der Waals surface area contributed by atoms with Crippen LogP contribution < -0.4 is 11.5 Å². The van der Waals surface area contributed by atoms with E-state index in [9.17, 15) is 0 Å². The van der Waals surface area contributed by atoms with Crippen molar-refractivity contribution in [3.63, 3.8) is 0 Å². The molecule has 0 unspecified atom stereocenters. The summed E-state index contributed by atoms with van der Waals surface area (Å²) in [6, 6.07) is 5.95. The van der Waals surface area contributed by atoms with Gasteiger partial charge < -0.3 is 11.5 Å². The Labute approximate surface area is 131 Å². The fourth-order valence-electron chi connectivity index (χ4n) is 3.14. The van der Waals surface area contributed by atoms with Crippen LogP contribution in [-0.2, 0) is 0 Å². The molecule has 0 atom stereocenters. The van der Waals surface area contributed by atoms with Crippen LogP contribution in [0.15, 0.2) is 18.2 Å². The largest absolute Gasteiger partial charge is 0.398 e. The Morgan fingerprint density at radius 1 is 0.762 bits per heavy atom. The van der Waals surface area contributed by atoms with Crippen LogP contribution in [0.5, 0.6) is 0 Å². The van der Waals surface area contributed by atoms with E-state index in [1.165, 1.54) is 69.8 Å². The minimum absolute atomic E-state index is 0.542. The molecule has 0 heterocycles. The Morgan fingerprint density at radius 2 is 1.24 bits per heavy atom. The van der Waals surface area contributed by atoms with E-state index in [0.29, 0.717) is 5.92 Å². The maximum absolute atomic E-state index is 6.20. The summed E-state index contributed by atoms with van der Waals surface area (Å²) in [4.78, 5) is 0. The average molecular weight is 290 g/mol. The van der Waals surface area contributed by atoms with Crippen LogP contribution in [0.4, 0.5) is 11.4 Å². The molecule has 0 bridgehead atoms. The van der Waals surface area contributed by atoms with Crippen molar-refractivity contribution in [2.24, 2.45) is 0 Å². The third-order valence-corrected chi connectivity index (χ3v) is 4.39. The van der Waals surface area contributed by atoms with Crippen molar-refractivity contribution in [3.8, 4) is 0 Å². The van der Waals surface area contributed by atoms with Crippen LogP contribution in [0.2, 0.25) is 0 Å². The zero-order valence-electron chi connectivity index (χ0n) is 14.0. The lowest BCUT2D eigenvalue weighted by Crippen LogP contribution is -2.07. The van der Waals surface area contributed by atoms with Crippen molar-refractivity contribution >= 4 is 11.4 Å². The lowest BCUT2D eigenvalue weighted by Gasteiger charge is -2.21.